The van der Waals surface area contributed by atoms with Crippen LogP contribution in [-0.2, 0) is 0 Å². The lowest BCUT2D eigenvalue weighted by atomic mass is 9.85. The van der Waals surface area contributed by atoms with E-state index < -0.39 is 47.8 Å². The molecule has 0 unspecified atom stereocenters. The van der Waals surface area contributed by atoms with Crippen LogP contribution in [-0.4, -0.2) is 47.8 Å². The second-order valence-corrected chi connectivity index (χ2v) is 37.9. The molecule has 0 bridgehead atoms. The molecule has 16 nitrogen and oxygen atoms in total. The average molecular weight is 2630 g/mol. The molecule has 0 aromatic heterocycles. The molecule has 0 saturated carbocycles. The molecule has 0 aliphatic carbocycles. The summed E-state index contributed by atoms with van der Waals surface area (Å²) in [6.07, 6.45) is 0. The molecule has 16 aromatic rings. The van der Waals surface area contributed by atoms with Crippen LogP contribution in [0.2, 0.25) is 0 Å². The van der Waals surface area contributed by atoms with Crippen molar-refractivity contribution >= 4 is 251 Å². The zero-order valence-electron chi connectivity index (χ0n) is 68.5. The van der Waals surface area contributed by atoms with Gasteiger partial charge in [0.25, 0.3) is 0 Å². The number of halogens is 8. The third-order valence-corrected chi connectivity index (χ3v) is 27.6. The number of rotatable bonds is 24. The smallest absolute Gasteiger partial charge is 0.344 e. The van der Waals surface area contributed by atoms with E-state index >= 15 is 0 Å². The molecule has 0 fully saturated rings. The van der Waals surface area contributed by atoms with Crippen LogP contribution in [0.5, 0.6) is 46.0 Å². The Kier molecular flexibility index (Phi) is 32.7. The summed E-state index contributed by atoms with van der Waals surface area (Å²) in [6, 6.07) is 115. The van der Waals surface area contributed by atoms with Gasteiger partial charge in [-0.05, 0) is 442 Å². The van der Waals surface area contributed by atoms with Gasteiger partial charge in [0.15, 0.2) is 0 Å². The fourth-order valence-corrected chi connectivity index (χ4v) is 18.5. The first-order valence-corrected chi connectivity index (χ1v) is 48.7. The first-order chi connectivity index (χ1) is 64.0. The Bertz CT molecular complexity index is 5840. The minimum absolute atomic E-state index is 0.348. The highest BCUT2D eigenvalue weighted by atomic mass is 127. The van der Waals surface area contributed by atoms with Crippen molar-refractivity contribution < 1.29 is 76.3 Å². The lowest BCUT2D eigenvalue weighted by molar-refractivity contribution is 0.0724. The van der Waals surface area contributed by atoms with Gasteiger partial charge in [-0.2, -0.15) is 0 Å². The van der Waals surface area contributed by atoms with Gasteiger partial charge in [0.1, 0.15) is 46.0 Å². The van der Waals surface area contributed by atoms with E-state index in [1.54, 1.807) is 194 Å². The minimum Gasteiger partial charge on any atom is -0.423 e. The Morgan fingerprint density at radius 3 is 0.311 bits per heavy atom. The minimum atomic E-state index is -0.481. The zero-order chi connectivity index (χ0) is 92.3. The van der Waals surface area contributed by atoms with Gasteiger partial charge in [-0.15, -0.1) is 0 Å². The molecule has 0 saturated heterocycles. The van der Waals surface area contributed by atoms with Crippen LogP contribution >= 0.6 is 181 Å². The fraction of sp³-hybridized carbons (Fsp3) is 0. The summed E-state index contributed by atoms with van der Waals surface area (Å²) in [6.45, 7) is 0. The molecule has 0 atom stereocenters. The van der Waals surface area contributed by atoms with Crippen LogP contribution in [0.25, 0.3) is 22.3 Å². The summed E-state index contributed by atoms with van der Waals surface area (Å²) in [7, 11) is 0. The number of hydrogen-bond donors (Lipinski definition) is 0. The summed E-state index contributed by atoms with van der Waals surface area (Å²) >= 11 is 16.9. The van der Waals surface area contributed by atoms with Gasteiger partial charge in [-0.3, -0.25) is 0 Å². The largest absolute Gasteiger partial charge is 0.423 e. The number of carbonyl (C=O) groups excluding carboxylic acids is 8. The van der Waals surface area contributed by atoms with Gasteiger partial charge in [-0.1, -0.05) is 194 Å². The lowest BCUT2D eigenvalue weighted by Crippen LogP contribution is -2.10. The van der Waals surface area contributed by atoms with Crippen LogP contribution in [0.4, 0.5) is 0 Å². The second kappa shape index (κ2) is 45.4. The van der Waals surface area contributed by atoms with Crippen LogP contribution < -0.4 is 37.9 Å². The van der Waals surface area contributed by atoms with E-state index in [0.717, 1.165) is 95.4 Å². The van der Waals surface area contributed by atoms with E-state index in [2.05, 4.69) is 181 Å². The number of carbonyl (C=O) groups is 8. The Labute approximate surface area is 868 Å². The highest BCUT2D eigenvalue weighted by Crippen LogP contribution is 2.43. The molecule has 0 spiro atoms. The summed E-state index contributed by atoms with van der Waals surface area (Å²) in [5.41, 5.74) is 12.7. The van der Waals surface area contributed by atoms with Crippen molar-refractivity contribution in [2.24, 2.45) is 0 Å². The van der Waals surface area contributed by atoms with Gasteiger partial charge < -0.3 is 37.9 Å². The zero-order valence-corrected chi connectivity index (χ0v) is 85.8. The molecule has 0 amide bonds. The summed E-state index contributed by atoms with van der Waals surface area (Å²) in [5, 5.41) is 0. The van der Waals surface area contributed by atoms with E-state index in [-0.39, 0.29) is 0 Å². The van der Waals surface area contributed by atoms with E-state index in [9.17, 15) is 38.4 Å². The van der Waals surface area contributed by atoms with Crippen LogP contribution in [0, 0.1) is 28.6 Å². The summed E-state index contributed by atoms with van der Waals surface area (Å²) in [4.78, 5) is 106. The maximum atomic E-state index is 13.2. The molecule has 0 N–H and O–H groups in total. The first kappa shape index (κ1) is 95.2. The predicted octanol–water partition coefficient (Wildman–Crippen LogP) is 28.0. The third kappa shape index (κ3) is 24.2. The SMILES string of the molecule is O=C(Oc1ccc(C(=C(c2ccc(OC(=O)c3ccccc3I)cc2)c2ccc(OC(=O)c3ccccc3I)cc2)c2ccc(OC(=O)c3ccccc3I)cc2)cc1)c1ccccc1I.O=C(Oc1ccc(C(=C(c2ccc(OC(=O)c3ccccc3I)cc2)c2ccc(OC(=O)c3ccccc3I)cc2)c2ccc(OC(=O)c3ccccc3I)cc2)cc1)c1ccccc1I. The monoisotopic (exact) mass is 2630 g/mol. The number of benzene rings is 16. The van der Waals surface area contributed by atoms with E-state index in [1.165, 1.54) is 0 Å². The van der Waals surface area contributed by atoms with E-state index in [4.69, 9.17) is 37.9 Å². The maximum absolute atomic E-state index is 13.2. The maximum Gasteiger partial charge on any atom is 0.344 e. The molecule has 24 heteroatoms. The van der Waals surface area contributed by atoms with Gasteiger partial charge in [0, 0.05) is 28.6 Å². The molecule has 16 rings (SSSR count). The normalized spacial score (nSPS) is 10.7. The molecule has 0 aliphatic heterocycles. The van der Waals surface area contributed by atoms with Crippen molar-refractivity contribution in [1.82, 2.24) is 0 Å². The standard InChI is InChI=1S/2C54H32I4O8/c2*55-45-13-5-1-9-41(45)51(59)63-37-25-17-33(18-26-37)49(34-19-27-38(28-20-34)64-52(60)42-10-2-6-14-46(42)56)50(35-21-29-39(30-22-35)65-53(61)43-11-3-7-15-47(43)57)36-23-31-40(32-24-36)66-54(62)44-12-4-8-16-48(44)58/h2*1-32H. The molecule has 0 heterocycles. The third-order valence-electron chi connectivity index (χ3n) is 20.1. The molecule has 16 aromatic carbocycles. The quantitative estimate of drug-likeness (QED) is 0.0238. The van der Waals surface area contributed by atoms with Crippen LogP contribution in [0.3, 0.4) is 0 Å². The lowest BCUT2D eigenvalue weighted by Gasteiger charge is -2.19. The second-order valence-electron chi connectivity index (χ2n) is 28.6. The number of esters is 8. The summed E-state index contributed by atoms with van der Waals surface area (Å²) < 4.78 is 52.7. The first-order valence-electron chi connectivity index (χ1n) is 40.1. The number of hydrogen-bond acceptors (Lipinski definition) is 16. The van der Waals surface area contributed by atoms with Crippen molar-refractivity contribution in [3.05, 3.63) is 506 Å². The van der Waals surface area contributed by atoms with Crippen LogP contribution in [0.1, 0.15) is 127 Å². The van der Waals surface area contributed by atoms with Crippen molar-refractivity contribution in [1.29, 1.82) is 0 Å². The molecule has 132 heavy (non-hydrogen) atoms. The Balaban J connectivity index is 0.000000202. The Morgan fingerprint density at radius 1 is 0.129 bits per heavy atom. The average Bonchev–Trinajstić information content (AvgIpc) is 0.777. The molecule has 0 radical (unpaired) electrons. The molecular formula is C108H64I8O16. The van der Waals surface area contributed by atoms with E-state index in [1.807, 2.05) is 194 Å². The van der Waals surface area contributed by atoms with Crippen molar-refractivity contribution in [3.63, 3.8) is 0 Å². The van der Waals surface area contributed by atoms with Crippen LogP contribution in [0.15, 0.2) is 388 Å². The van der Waals surface area contributed by atoms with Gasteiger partial charge in [0.2, 0.25) is 0 Å². The van der Waals surface area contributed by atoms with Gasteiger partial charge in [-0.25, -0.2) is 38.4 Å². The van der Waals surface area contributed by atoms with E-state index in [0.29, 0.717) is 90.5 Å². The molecule has 0 aliphatic rings. The Hall–Kier alpha value is -11.4. The van der Waals surface area contributed by atoms with Gasteiger partial charge >= 0.3 is 47.8 Å². The molecular weight excluding hydrogens is 2570 g/mol. The fourth-order valence-electron chi connectivity index (χ4n) is 13.6. The highest BCUT2D eigenvalue weighted by Gasteiger charge is 2.26. The number of ether oxygens (including phenoxy) is 8. The van der Waals surface area contributed by atoms with Crippen molar-refractivity contribution in [3.8, 4) is 46.0 Å². The predicted molar refractivity (Wildman–Crippen MR) is 575 cm³/mol. The Morgan fingerprint density at radius 2 is 0.220 bits per heavy atom. The molecule has 648 valence electrons. The van der Waals surface area contributed by atoms with Crippen molar-refractivity contribution in [2.75, 3.05) is 0 Å². The topological polar surface area (TPSA) is 210 Å². The summed E-state index contributed by atoms with van der Waals surface area (Å²) in [5.74, 6) is -1.07. The highest BCUT2D eigenvalue weighted by molar-refractivity contribution is 14.1. The van der Waals surface area contributed by atoms with Gasteiger partial charge in [0.05, 0.1) is 44.5 Å². The van der Waals surface area contributed by atoms with Crippen molar-refractivity contribution in [2.45, 2.75) is 0 Å².